The first-order chi connectivity index (χ1) is 17.6. The van der Waals surface area contributed by atoms with Crippen LogP contribution in [0.15, 0.2) is 52.3 Å². The number of aryl methyl sites for hydroxylation is 1. The summed E-state index contributed by atoms with van der Waals surface area (Å²) < 4.78 is 70.7. The zero-order valence-electron chi connectivity index (χ0n) is 21.9. The second-order valence-corrected chi connectivity index (χ2v) is 12.5. The molecule has 0 aliphatic carbocycles. The zero-order chi connectivity index (χ0) is 27.2. The van der Waals surface area contributed by atoms with Crippen LogP contribution >= 0.6 is 0 Å². The van der Waals surface area contributed by atoms with Gasteiger partial charge in [-0.05, 0) is 42.7 Å². The largest absolute Gasteiger partial charge is 0.457 e. The number of hydrogen-bond acceptors (Lipinski definition) is 5. The van der Waals surface area contributed by atoms with Gasteiger partial charge in [-0.3, -0.25) is 9.11 Å². The number of unbranched alkanes of at least 4 members (excludes halogenated alkanes) is 13. The number of ether oxygens (including phenoxy) is 1. The van der Waals surface area contributed by atoms with Crippen molar-refractivity contribution in [2.24, 2.45) is 0 Å². The lowest BCUT2D eigenvalue weighted by atomic mass is 10.0. The van der Waals surface area contributed by atoms with E-state index in [4.69, 9.17) is 4.74 Å². The third-order valence-electron chi connectivity index (χ3n) is 6.40. The van der Waals surface area contributed by atoms with Crippen LogP contribution in [0.4, 0.5) is 0 Å². The molecule has 2 N–H and O–H groups in total. The van der Waals surface area contributed by atoms with E-state index in [-0.39, 0.29) is 21.3 Å². The fraction of sp³-hybridized carbons (Fsp3) is 0.571. The Hall–Kier alpha value is -1.94. The summed E-state index contributed by atoms with van der Waals surface area (Å²) in [4.78, 5) is -0.616. The van der Waals surface area contributed by atoms with Gasteiger partial charge in [0.25, 0.3) is 20.2 Å². The fourth-order valence-corrected chi connectivity index (χ4v) is 5.42. The number of hydrogen-bond donors (Lipinski definition) is 2. The van der Waals surface area contributed by atoms with Crippen molar-refractivity contribution in [1.29, 1.82) is 0 Å². The van der Waals surface area contributed by atoms with Gasteiger partial charge in [0.2, 0.25) is 0 Å². The van der Waals surface area contributed by atoms with Gasteiger partial charge in [0.05, 0.1) is 9.79 Å². The van der Waals surface area contributed by atoms with Gasteiger partial charge in [-0.15, -0.1) is 0 Å². The molecule has 0 saturated carbocycles. The van der Waals surface area contributed by atoms with E-state index in [2.05, 4.69) is 6.92 Å². The van der Waals surface area contributed by atoms with Crippen LogP contribution in [0.25, 0.3) is 0 Å². The van der Waals surface area contributed by atoms with Crippen LogP contribution in [0, 0.1) is 0 Å². The Labute approximate surface area is 223 Å². The molecule has 37 heavy (non-hydrogen) atoms. The van der Waals surface area contributed by atoms with E-state index in [1.807, 2.05) is 0 Å². The molecule has 0 radical (unpaired) electrons. The van der Waals surface area contributed by atoms with Gasteiger partial charge < -0.3 is 4.74 Å². The van der Waals surface area contributed by atoms with Crippen molar-refractivity contribution >= 4 is 20.2 Å². The molecule has 0 aliphatic rings. The summed E-state index contributed by atoms with van der Waals surface area (Å²) in [5.74, 6) is 0.271. The minimum absolute atomic E-state index is 0.116. The molecule has 0 bridgehead atoms. The summed E-state index contributed by atoms with van der Waals surface area (Å²) in [6.45, 7) is 2.24. The maximum absolute atomic E-state index is 11.8. The van der Waals surface area contributed by atoms with E-state index in [1.54, 1.807) is 6.07 Å². The monoisotopic (exact) mass is 554 g/mol. The molecule has 9 heteroatoms. The number of rotatable bonds is 19. The zero-order valence-corrected chi connectivity index (χ0v) is 23.5. The van der Waals surface area contributed by atoms with Gasteiger partial charge >= 0.3 is 0 Å². The molecule has 2 aromatic carbocycles. The van der Waals surface area contributed by atoms with Crippen LogP contribution in [0.2, 0.25) is 0 Å². The van der Waals surface area contributed by atoms with E-state index < -0.39 is 20.2 Å². The summed E-state index contributed by atoms with van der Waals surface area (Å²) in [5.41, 5.74) is 0.704. The van der Waals surface area contributed by atoms with Crippen molar-refractivity contribution in [2.75, 3.05) is 0 Å². The van der Waals surface area contributed by atoms with Crippen LogP contribution in [-0.2, 0) is 26.7 Å². The summed E-state index contributed by atoms with van der Waals surface area (Å²) >= 11 is 0. The van der Waals surface area contributed by atoms with Crippen molar-refractivity contribution in [2.45, 2.75) is 113 Å². The molecule has 2 rings (SSSR count). The lowest BCUT2D eigenvalue weighted by Gasteiger charge is -2.11. The highest BCUT2D eigenvalue weighted by Crippen LogP contribution is 2.28. The number of benzene rings is 2. The smallest absolute Gasteiger partial charge is 0.294 e. The summed E-state index contributed by atoms with van der Waals surface area (Å²) in [6, 6.07) is 9.55. The highest BCUT2D eigenvalue weighted by molar-refractivity contribution is 7.86. The van der Waals surface area contributed by atoms with E-state index in [1.165, 1.54) is 101 Å². The molecular weight excluding hydrogens is 512 g/mol. The van der Waals surface area contributed by atoms with Crippen molar-refractivity contribution in [3.8, 4) is 11.5 Å². The lowest BCUT2D eigenvalue weighted by Crippen LogP contribution is -2.01. The predicted molar refractivity (Wildman–Crippen MR) is 147 cm³/mol. The van der Waals surface area contributed by atoms with Crippen molar-refractivity contribution in [3.05, 3.63) is 48.0 Å². The standard InChI is InChI=1S/C28H42O7S2/c1-2-3-4-5-6-7-8-9-10-11-12-13-14-15-17-24-20-26(23-28(21-24)37(32,33)34)35-25-18-16-19-27(22-25)36(29,30)31/h16,18-23H,2-15,17H2,1H3,(H,29,30,31)(H,32,33,34). The second-order valence-electron chi connectivity index (χ2n) is 9.69. The molecule has 208 valence electrons. The van der Waals surface area contributed by atoms with Crippen LogP contribution in [-0.4, -0.2) is 25.9 Å². The van der Waals surface area contributed by atoms with Gasteiger partial charge in [0, 0.05) is 12.1 Å². The Morgan fingerprint density at radius 1 is 0.595 bits per heavy atom. The minimum atomic E-state index is -4.45. The molecule has 2 aromatic rings. The van der Waals surface area contributed by atoms with E-state index in [0.717, 1.165) is 25.3 Å². The Morgan fingerprint density at radius 3 is 1.59 bits per heavy atom. The SMILES string of the molecule is CCCCCCCCCCCCCCCCc1cc(Oc2cccc(S(=O)(=O)O)c2)cc(S(=O)(=O)O)c1. The molecule has 0 heterocycles. The van der Waals surface area contributed by atoms with Gasteiger partial charge in [-0.25, -0.2) is 0 Å². The third kappa shape index (κ3) is 12.9. The Kier molecular flexibility index (Phi) is 13.6. The molecule has 0 aliphatic heterocycles. The van der Waals surface area contributed by atoms with Crippen molar-refractivity contribution < 1.29 is 30.7 Å². The van der Waals surface area contributed by atoms with Crippen LogP contribution in [0.1, 0.15) is 102 Å². The second kappa shape index (κ2) is 16.1. The summed E-state index contributed by atoms with van der Waals surface area (Å²) in [5, 5.41) is 0. The molecule has 0 saturated heterocycles. The van der Waals surface area contributed by atoms with Gasteiger partial charge in [0.15, 0.2) is 0 Å². The fourth-order valence-electron chi connectivity index (χ4n) is 4.34. The Bertz CT molecular complexity index is 1160. The normalized spacial score (nSPS) is 12.1. The first-order valence-electron chi connectivity index (χ1n) is 13.5. The molecule has 0 unspecified atom stereocenters. The van der Waals surface area contributed by atoms with E-state index in [0.29, 0.717) is 12.0 Å². The molecule has 0 atom stereocenters. The molecular formula is C28H42O7S2. The molecule has 0 amide bonds. The molecule has 0 aromatic heterocycles. The molecule has 7 nitrogen and oxygen atoms in total. The first kappa shape index (κ1) is 31.3. The van der Waals surface area contributed by atoms with Crippen molar-refractivity contribution in [1.82, 2.24) is 0 Å². The summed E-state index contributed by atoms with van der Waals surface area (Å²) in [7, 11) is -8.85. The topological polar surface area (TPSA) is 118 Å². The Morgan fingerprint density at radius 2 is 1.08 bits per heavy atom. The van der Waals surface area contributed by atoms with Crippen LogP contribution in [0.3, 0.4) is 0 Å². The average Bonchev–Trinajstić information content (AvgIpc) is 2.83. The maximum Gasteiger partial charge on any atom is 0.294 e. The van der Waals surface area contributed by atoms with E-state index in [9.17, 15) is 25.9 Å². The van der Waals surface area contributed by atoms with Crippen molar-refractivity contribution in [3.63, 3.8) is 0 Å². The van der Waals surface area contributed by atoms with Gasteiger partial charge in [-0.1, -0.05) is 96.5 Å². The average molecular weight is 555 g/mol. The third-order valence-corrected chi connectivity index (χ3v) is 8.08. The highest BCUT2D eigenvalue weighted by atomic mass is 32.2. The molecule has 0 spiro atoms. The van der Waals surface area contributed by atoms with Crippen LogP contribution in [0.5, 0.6) is 11.5 Å². The highest BCUT2D eigenvalue weighted by Gasteiger charge is 2.15. The van der Waals surface area contributed by atoms with E-state index >= 15 is 0 Å². The maximum atomic E-state index is 11.8. The summed E-state index contributed by atoms with van der Waals surface area (Å²) in [6.07, 6.45) is 18.1. The molecule has 0 fully saturated rings. The quantitative estimate of drug-likeness (QED) is 0.133. The van der Waals surface area contributed by atoms with Gasteiger partial charge in [0.1, 0.15) is 11.5 Å². The van der Waals surface area contributed by atoms with Gasteiger partial charge in [-0.2, -0.15) is 16.8 Å². The first-order valence-corrected chi connectivity index (χ1v) is 16.3. The lowest BCUT2D eigenvalue weighted by molar-refractivity contribution is 0.466. The predicted octanol–water partition coefficient (Wildman–Crippen LogP) is 8.00. The van der Waals surface area contributed by atoms with Crippen LogP contribution < -0.4 is 4.74 Å². The minimum Gasteiger partial charge on any atom is -0.457 e. The Balaban J connectivity index is 1.78.